The van der Waals surface area contributed by atoms with Crippen molar-refractivity contribution in [2.75, 3.05) is 18.5 Å². The topological polar surface area (TPSA) is 114 Å². The van der Waals surface area contributed by atoms with Crippen LogP contribution in [0.2, 0.25) is 0 Å². The van der Waals surface area contributed by atoms with Gasteiger partial charge >= 0.3 is 12.0 Å². The van der Waals surface area contributed by atoms with E-state index >= 15 is 0 Å². The number of ether oxygens (including phenoxy) is 2. The quantitative estimate of drug-likeness (QED) is 0.381. The summed E-state index contributed by atoms with van der Waals surface area (Å²) in [4.78, 5) is 49.9. The van der Waals surface area contributed by atoms with Gasteiger partial charge in [0.2, 0.25) is 5.91 Å². The van der Waals surface area contributed by atoms with E-state index < -0.39 is 24.5 Å². The van der Waals surface area contributed by atoms with Crippen molar-refractivity contribution in [3.63, 3.8) is 0 Å². The molecule has 35 heavy (non-hydrogen) atoms. The van der Waals surface area contributed by atoms with Crippen LogP contribution in [0.4, 0.5) is 10.5 Å². The third-order valence-electron chi connectivity index (χ3n) is 5.25. The average molecular weight is 473 g/mol. The Balaban J connectivity index is 1.38. The molecule has 0 aliphatic carbocycles. The second-order valence-electron chi connectivity index (χ2n) is 7.83. The summed E-state index contributed by atoms with van der Waals surface area (Å²) in [5.74, 6) is -0.624. The number of imide groups is 1. The number of hydrogen-bond acceptors (Lipinski definition) is 6. The maximum atomic E-state index is 12.7. The molecule has 178 valence electrons. The highest BCUT2D eigenvalue weighted by molar-refractivity contribution is 6.02. The van der Waals surface area contributed by atoms with Crippen LogP contribution in [0.25, 0.3) is 0 Å². The first-order chi connectivity index (χ1) is 16.9. The highest BCUT2D eigenvalue weighted by atomic mass is 16.5. The van der Waals surface area contributed by atoms with Crippen molar-refractivity contribution in [3.05, 3.63) is 89.5 Å². The lowest BCUT2D eigenvalue weighted by atomic mass is 10.1. The Hall–Kier alpha value is -4.66. The van der Waals surface area contributed by atoms with Crippen molar-refractivity contribution in [1.29, 1.82) is 0 Å². The van der Waals surface area contributed by atoms with Crippen LogP contribution < -0.4 is 15.4 Å². The summed E-state index contributed by atoms with van der Waals surface area (Å²) < 4.78 is 11.1. The maximum absolute atomic E-state index is 12.7. The molecular formula is C26H23N3O6. The first-order valence-electron chi connectivity index (χ1n) is 10.9. The largest absolute Gasteiger partial charge is 0.455 e. The van der Waals surface area contributed by atoms with Crippen molar-refractivity contribution in [1.82, 2.24) is 10.2 Å². The van der Waals surface area contributed by atoms with E-state index in [9.17, 15) is 19.2 Å². The second kappa shape index (κ2) is 10.5. The molecule has 0 bridgehead atoms. The molecule has 0 unspecified atom stereocenters. The Kier molecular flexibility index (Phi) is 7.06. The first-order valence-corrected chi connectivity index (χ1v) is 10.9. The fraction of sp³-hybridized carbons (Fsp3) is 0.154. The van der Waals surface area contributed by atoms with Gasteiger partial charge in [-0.05, 0) is 42.8 Å². The van der Waals surface area contributed by atoms with E-state index in [-0.39, 0.29) is 24.6 Å². The van der Waals surface area contributed by atoms with Gasteiger partial charge in [-0.25, -0.2) is 9.59 Å². The fourth-order valence-electron chi connectivity index (χ4n) is 3.43. The number of carbonyl (C=O) groups excluding carboxylic acids is 4. The van der Waals surface area contributed by atoms with Gasteiger partial charge in [-0.2, -0.15) is 0 Å². The van der Waals surface area contributed by atoms with Gasteiger partial charge in [0.1, 0.15) is 5.75 Å². The summed E-state index contributed by atoms with van der Waals surface area (Å²) in [6, 6.07) is 20.3. The van der Waals surface area contributed by atoms with Gasteiger partial charge in [-0.1, -0.05) is 48.0 Å². The minimum absolute atomic E-state index is 0.0775. The maximum Gasteiger partial charge on any atom is 0.338 e. The van der Waals surface area contributed by atoms with Crippen LogP contribution in [-0.4, -0.2) is 41.9 Å². The van der Waals surface area contributed by atoms with Gasteiger partial charge in [0.05, 0.1) is 24.3 Å². The summed E-state index contributed by atoms with van der Waals surface area (Å²) in [5.41, 5.74) is 2.11. The van der Waals surface area contributed by atoms with Crippen molar-refractivity contribution < 1.29 is 28.7 Å². The lowest BCUT2D eigenvalue weighted by molar-refractivity contribution is -0.125. The zero-order valence-electron chi connectivity index (χ0n) is 18.9. The van der Waals surface area contributed by atoms with Crippen LogP contribution in [0.5, 0.6) is 11.5 Å². The zero-order valence-corrected chi connectivity index (χ0v) is 18.9. The van der Waals surface area contributed by atoms with Crippen LogP contribution in [0, 0.1) is 6.92 Å². The number of nitrogens with zero attached hydrogens (tertiary/aromatic N) is 1. The number of rotatable bonds is 8. The number of amides is 4. The SMILES string of the molecule is Cc1ccc(Oc2ccccc2NC(=O)COC(=O)c2ccccc2CN2C(=O)CNC2=O)cc1. The number of carbonyl (C=O) groups is 4. The van der Waals surface area contributed by atoms with E-state index in [1.54, 1.807) is 42.5 Å². The van der Waals surface area contributed by atoms with Crippen LogP contribution >= 0.6 is 0 Å². The smallest absolute Gasteiger partial charge is 0.338 e. The number of anilines is 1. The Morgan fingerprint density at radius 1 is 0.971 bits per heavy atom. The Morgan fingerprint density at radius 2 is 1.69 bits per heavy atom. The van der Waals surface area contributed by atoms with Gasteiger partial charge in [-0.15, -0.1) is 0 Å². The van der Waals surface area contributed by atoms with E-state index in [4.69, 9.17) is 9.47 Å². The second-order valence-corrected chi connectivity index (χ2v) is 7.83. The number of esters is 1. The molecule has 0 aromatic heterocycles. The standard InChI is InChI=1S/C26H23N3O6/c1-17-10-12-19(13-11-17)35-22-9-5-4-8-21(22)28-23(30)16-34-25(32)20-7-3-2-6-18(20)15-29-24(31)14-27-26(29)33/h2-13H,14-16H2,1H3,(H,27,33)(H,28,30). The van der Waals surface area contributed by atoms with Gasteiger partial charge in [0.25, 0.3) is 5.91 Å². The van der Waals surface area contributed by atoms with Crippen LogP contribution in [-0.2, 0) is 20.9 Å². The van der Waals surface area contributed by atoms with Crippen molar-refractivity contribution in [2.24, 2.45) is 0 Å². The minimum Gasteiger partial charge on any atom is -0.455 e. The molecule has 4 rings (SSSR count). The summed E-state index contributed by atoms with van der Waals surface area (Å²) in [6.45, 7) is 1.28. The number of urea groups is 1. The first kappa shape index (κ1) is 23.5. The Morgan fingerprint density at radius 3 is 2.43 bits per heavy atom. The predicted octanol–water partition coefficient (Wildman–Crippen LogP) is 3.63. The number of benzene rings is 3. The fourth-order valence-corrected chi connectivity index (χ4v) is 3.43. The van der Waals surface area contributed by atoms with Gasteiger partial charge in [0, 0.05) is 0 Å². The van der Waals surface area contributed by atoms with Crippen molar-refractivity contribution in [3.8, 4) is 11.5 Å². The monoisotopic (exact) mass is 473 g/mol. The molecule has 0 spiro atoms. The van der Waals surface area contributed by atoms with Gasteiger partial charge < -0.3 is 20.1 Å². The molecule has 1 aliphatic rings. The molecule has 3 aromatic carbocycles. The summed E-state index contributed by atoms with van der Waals surface area (Å²) in [6.07, 6.45) is 0. The van der Waals surface area contributed by atoms with E-state index in [1.165, 1.54) is 6.07 Å². The molecule has 1 aliphatic heterocycles. The molecule has 1 heterocycles. The minimum atomic E-state index is -0.744. The molecule has 2 N–H and O–H groups in total. The lowest BCUT2D eigenvalue weighted by Gasteiger charge is -2.15. The third kappa shape index (κ3) is 5.83. The summed E-state index contributed by atoms with van der Waals surface area (Å²) in [7, 11) is 0. The molecule has 1 fully saturated rings. The predicted molar refractivity (Wildman–Crippen MR) is 127 cm³/mol. The van der Waals surface area contributed by atoms with Crippen LogP contribution in [0.15, 0.2) is 72.8 Å². The molecule has 4 amide bonds. The molecule has 0 radical (unpaired) electrons. The number of para-hydroxylation sites is 2. The molecule has 9 heteroatoms. The van der Waals surface area contributed by atoms with Crippen molar-refractivity contribution in [2.45, 2.75) is 13.5 Å². The highest BCUT2D eigenvalue weighted by Gasteiger charge is 2.29. The van der Waals surface area contributed by atoms with E-state index in [2.05, 4.69) is 10.6 Å². The molecule has 0 saturated carbocycles. The van der Waals surface area contributed by atoms with Gasteiger partial charge in [-0.3, -0.25) is 14.5 Å². The van der Waals surface area contributed by atoms with Crippen LogP contribution in [0.1, 0.15) is 21.5 Å². The molecule has 3 aromatic rings. The third-order valence-corrected chi connectivity index (χ3v) is 5.25. The average Bonchev–Trinajstić information content (AvgIpc) is 3.17. The van der Waals surface area contributed by atoms with E-state index in [1.807, 2.05) is 31.2 Å². The molecular weight excluding hydrogens is 450 g/mol. The summed E-state index contributed by atoms with van der Waals surface area (Å²) >= 11 is 0. The molecule has 9 nitrogen and oxygen atoms in total. The lowest BCUT2D eigenvalue weighted by Crippen LogP contribution is -2.31. The highest BCUT2D eigenvalue weighted by Crippen LogP contribution is 2.29. The Labute approximate surface area is 201 Å². The van der Waals surface area contributed by atoms with Crippen molar-refractivity contribution >= 4 is 29.5 Å². The molecule has 1 saturated heterocycles. The number of hydrogen-bond donors (Lipinski definition) is 2. The summed E-state index contributed by atoms with van der Waals surface area (Å²) in [5, 5.41) is 5.12. The number of nitrogens with one attached hydrogen (secondary N) is 2. The number of aryl methyl sites for hydroxylation is 1. The molecule has 0 atom stereocenters. The van der Waals surface area contributed by atoms with Gasteiger partial charge in [0.15, 0.2) is 12.4 Å². The normalized spacial score (nSPS) is 12.8. The Bertz CT molecular complexity index is 1260. The zero-order chi connectivity index (χ0) is 24.8. The van der Waals surface area contributed by atoms with Crippen LogP contribution in [0.3, 0.4) is 0 Å². The van der Waals surface area contributed by atoms with E-state index in [0.29, 0.717) is 22.7 Å². The van der Waals surface area contributed by atoms with E-state index in [0.717, 1.165) is 10.5 Å².